The number of halogens is 2. The first kappa shape index (κ1) is 26.7. The summed E-state index contributed by atoms with van der Waals surface area (Å²) in [4.78, 5) is 12.6. The summed E-state index contributed by atoms with van der Waals surface area (Å²) in [6, 6.07) is 12.6. The Balaban J connectivity index is 1.13. The van der Waals surface area contributed by atoms with Gasteiger partial charge < -0.3 is 29.9 Å². The predicted molar refractivity (Wildman–Crippen MR) is 136 cm³/mol. The van der Waals surface area contributed by atoms with E-state index in [0.29, 0.717) is 28.2 Å². The minimum Gasteiger partial charge on any atom is -0.491 e. The molecular formula is C28H28F2N4O6. The number of aliphatic hydroxyl groups excluding tert-OH is 3. The second-order valence-electron chi connectivity index (χ2n) is 10.3. The Morgan fingerprint density at radius 3 is 2.65 bits per heavy atom. The van der Waals surface area contributed by atoms with Gasteiger partial charge in [0.05, 0.1) is 12.0 Å². The van der Waals surface area contributed by atoms with Crippen LogP contribution in [0, 0.1) is 6.92 Å². The molecule has 1 saturated heterocycles. The van der Waals surface area contributed by atoms with E-state index < -0.39 is 42.2 Å². The molecule has 0 spiro atoms. The van der Waals surface area contributed by atoms with Gasteiger partial charge in [-0.1, -0.05) is 36.4 Å². The molecule has 12 heteroatoms. The highest BCUT2D eigenvalue weighted by Crippen LogP contribution is 2.56. The maximum absolute atomic E-state index is 15.0. The van der Waals surface area contributed by atoms with Gasteiger partial charge in [0.25, 0.3) is 0 Å². The van der Waals surface area contributed by atoms with E-state index >= 15 is 0 Å². The zero-order valence-corrected chi connectivity index (χ0v) is 21.4. The highest BCUT2D eigenvalue weighted by atomic mass is 19.3. The Morgan fingerprint density at radius 2 is 1.82 bits per heavy atom. The fraction of sp³-hybridized carbons (Fsp3) is 0.393. The molecule has 2 aliphatic rings. The largest absolute Gasteiger partial charge is 0.491 e. The number of hydrogen-bond acceptors (Lipinski definition) is 9. The molecule has 0 bridgehead atoms. The number of fused-ring (bicyclic) bond motifs is 2. The second kappa shape index (κ2) is 9.82. The smallest absolute Gasteiger partial charge is 0.309 e. The molecule has 10 nitrogen and oxygen atoms in total. The fourth-order valence-corrected chi connectivity index (χ4v) is 5.56. The Morgan fingerprint density at radius 1 is 1.02 bits per heavy atom. The van der Waals surface area contributed by atoms with Crippen molar-refractivity contribution in [1.29, 1.82) is 0 Å². The first-order chi connectivity index (χ1) is 19.1. The van der Waals surface area contributed by atoms with Crippen LogP contribution in [0.3, 0.4) is 0 Å². The lowest BCUT2D eigenvalue weighted by Crippen LogP contribution is -2.44. The van der Waals surface area contributed by atoms with Gasteiger partial charge in [-0.15, -0.1) is 0 Å². The number of aromatic nitrogens is 4. The highest BCUT2D eigenvalue weighted by molar-refractivity contribution is 5.72. The second-order valence-corrected chi connectivity index (χ2v) is 10.3. The number of rotatable bonds is 7. The minimum absolute atomic E-state index is 0.0210. The third-order valence-electron chi connectivity index (χ3n) is 7.84. The van der Waals surface area contributed by atoms with Crippen LogP contribution in [0.2, 0.25) is 0 Å². The number of aliphatic hydroxyl groups is 4. The van der Waals surface area contributed by atoms with Crippen LogP contribution in [-0.4, -0.2) is 70.8 Å². The molecule has 1 aliphatic heterocycles. The number of hydrogen-bond donors (Lipinski definition) is 4. The Bertz CT molecular complexity index is 1550. The molecule has 4 aromatic rings. The number of benzene rings is 2. The quantitative estimate of drug-likeness (QED) is 0.271. The van der Waals surface area contributed by atoms with Crippen LogP contribution in [0.5, 0.6) is 5.75 Å². The van der Waals surface area contributed by atoms with Crippen LogP contribution in [-0.2, 0) is 16.8 Å². The van der Waals surface area contributed by atoms with Crippen molar-refractivity contribution in [3.05, 3.63) is 83.6 Å². The molecule has 6 atom stereocenters. The molecule has 6 rings (SSSR count). The molecule has 2 aromatic heterocycles. The number of alkyl halides is 2. The fourth-order valence-electron chi connectivity index (χ4n) is 5.56. The van der Waals surface area contributed by atoms with Gasteiger partial charge in [-0.05, 0) is 48.6 Å². The van der Waals surface area contributed by atoms with E-state index in [0.717, 1.165) is 0 Å². The maximum Gasteiger partial charge on any atom is 0.309 e. The third-order valence-corrected chi connectivity index (χ3v) is 7.84. The molecule has 40 heavy (non-hydrogen) atoms. The van der Waals surface area contributed by atoms with E-state index in [1.54, 1.807) is 43.3 Å². The van der Waals surface area contributed by atoms with Crippen LogP contribution in [0.15, 0.2) is 61.2 Å². The average Bonchev–Trinajstić information content (AvgIpc) is 3.55. The third kappa shape index (κ3) is 4.14. The minimum atomic E-state index is -3.75. The average molecular weight is 555 g/mol. The van der Waals surface area contributed by atoms with Gasteiger partial charge >= 0.3 is 5.92 Å². The molecule has 0 saturated carbocycles. The summed E-state index contributed by atoms with van der Waals surface area (Å²) >= 11 is 0. The molecular weight excluding hydrogens is 526 g/mol. The zero-order chi connectivity index (χ0) is 28.2. The van der Waals surface area contributed by atoms with E-state index in [-0.39, 0.29) is 30.6 Å². The lowest BCUT2D eigenvalue weighted by Gasteiger charge is -2.32. The Labute approximate surface area is 227 Å². The van der Waals surface area contributed by atoms with Crippen molar-refractivity contribution < 1.29 is 38.7 Å². The van der Waals surface area contributed by atoms with Crippen molar-refractivity contribution in [2.24, 2.45) is 0 Å². The van der Waals surface area contributed by atoms with Gasteiger partial charge in [0.1, 0.15) is 48.6 Å². The molecule has 0 radical (unpaired) electrons. The SMILES string of the molecule is Cc1ncnc2c1ncn2[C@@H]1O[C@H](COc2cccc(CC[C@@]3(O)c4ccccc4[C@@H](O)C3(F)F)c2)[C@@H](O)[C@H]1O. The lowest BCUT2D eigenvalue weighted by molar-refractivity contribution is -0.226. The summed E-state index contributed by atoms with van der Waals surface area (Å²) in [7, 11) is 0. The van der Waals surface area contributed by atoms with Crippen molar-refractivity contribution in [2.75, 3.05) is 6.61 Å². The van der Waals surface area contributed by atoms with Crippen LogP contribution in [0.4, 0.5) is 8.78 Å². The highest BCUT2D eigenvalue weighted by Gasteiger charge is 2.64. The topological polar surface area (TPSA) is 143 Å². The van der Waals surface area contributed by atoms with E-state index in [1.165, 1.54) is 29.4 Å². The van der Waals surface area contributed by atoms with Gasteiger partial charge in [0, 0.05) is 0 Å². The standard InChI is InChI=1S/C28H28F2N4O6/c1-15-21-25(32-13-31-15)34(14-33-21)26-23(36)22(35)20(40-26)12-39-17-6-4-5-16(11-17)9-10-27(38)19-8-3-2-7-18(19)24(37)28(27,29)30/h2-8,11,13-14,20,22-24,26,35-38H,9-10,12H2,1H3/t20-,22-,23-,24-,26-,27-/m1/s1. The first-order valence-corrected chi connectivity index (χ1v) is 12.9. The van der Waals surface area contributed by atoms with Gasteiger partial charge in [-0.25, -0.2) is 15.0 Å². The van der Waals surface area contributed by atoms with Crippen molar-refractivity contribution in [3.63, 3.8) is 0 Å². The lowest BCUT2D eigenvalue weighted by atomic mass is 9.86. The molecule has 210 valence electrons. The first-order valence-electron chi connectivity index (χ1n) is 12.9. The predicted octanol–water partition coefficient (Wildman–Crippen LogP) is 2.34. The van der Waals surface area contributed by atoms with Crippen molar-refractivity contribution in [3.8, 4) is 5.75 Å². The molecule has 0 amide bonds. The Hall–Kier alpha value is -3.55. The van der Waals surface area contributed by atoms with Crippen molar-refractivity contribution >= 4 is 11.2 Å². The normalized spacial score (nSPS) is 29.1. The van der Waals surface area contributed by atoms with Gasteiger partial charge in [0.2, 0.25) is 0 Å². The van der Waals surface area contributed by atoms with Gasteiger partial charge in [0.15, 0.2) is 17.5 Å². The molecule has 1 aliphatic carbocycles. The molecule has 3 heterocycles. The Kier molecular flexibility index (Phi) is 6.55. The molecule has 1 fully saturated rings. The summed E-state index contributed by atoms with van der Waals surface area (Å²) in [6.45, 7) is 1.69. The monoisotopic (exact) mass is 554 g/mol. The van der Waals surface area contributed by atoms with E-state index in [9.17, 15) is 29.2 Å². The van der Waals surface area contributed by atoms with Crippen LogP contribution >= 0.6 is 0 Å². The van der Waals surface area contributed by atoms with Crippen LogP contribution in [0.1, 0.15) is 41.1 Å². The summed E-state index contributed by atoms with van der Waals surface area (Å²) < 4.78 is 43.2. The van der Waals surface area contributed by atoms with Crippen molar-refractivity contribution in [2.45, 2.75) is 61.9 Å². The van der Waals surface area contributed by atoms with Gasteiger partial charge in [-0.2, -0.15) is 8.78 Å². The van der Waals surface area contributed by atoms with E-state index in [1.807, 2.05) is 0 Å². The number of aryl methyl sites for hydroxylation is 2. The van der Waals surface area contributed by atoms with Gasteiger partial charge in [-0.3, -0.25) is 4.57 Å². The number of nitrogens with zero attached hydrogens (tertiary/aromatic N) is 4. The molecule has 4 N–H and O–H groups in total. The summed E-state index contributed by atoms with van der Waals surface area (Å²) in [5.74, 6) is -3.35. The molecule has 2 aromatic carbocycles. The van der Waals surface area contributed by atoms with Crippen LogP contribution < -0.4 is 4.74 Å². The summed E-state index contributed by atoms with van der Waals surface area (Å²) in [5.41, 5.74) is -0.160. The van der Waals surface area contributed by atoms with E-state index in [4.69, 9.17) is 9.47 Å². The summed E-state index contributed by atoms with van der Waals surface area (Å²) in [6.07, 6.45) is -3.80. The van der Waals surface area contributed by atoms with Crippen molar-refractivity contribution in [1.82, 2.24) is 19.5 Å². The maximum atomic E-state index is 15.0. The van der Waals surface area contributed by atoms with E-state index in [2.05, 4.69) is 15.0 Å². The number of ether oxygens (including phenoxy) is 2. The summed E-state index contributed by atoms with van der Waals surface area (Å²) in [5, 5.41) is 42.5. The zero-order valence-electron chi connectivity index (χ0n) is 21.4. The van der Waals surface area contributed by atoms with Crippen LogP contribution in [0.25, 0.3) is 11.2 Å². The molecule has 0 unspecified atom stereocenters. The number of imidazole rings is 1.